The normalized spacial score (nSPS) is 17.9. The van der Waals surface area contributed by atoms with E-state index in [0.717, 1.165) is 56.6 Å². The zero-order valence-corrected chi connectivity index (χ0v) is 13.1. The monoisotopic (exact) mass is 293 g/mol. The van der Waals surface area contributed by atoms with Crippen molar-refractivity contribution in [1.29, 1.82) is 0 Å². The number of aromatic hydroxyl groups is 1. The molecule has 1 aliphatic heterocycles. The minimum absolute atomic E-state index is 0.0785. The van der Waals surface area contributed by atoms with Crippen LogP contribution in [0.3, 0.4) is 0 Å². The highest BCUT2D eigenvalue weighted by Crippen LogP contribution is 2.36. The van der Waals surface area contributed by atoms with E-state index in [1.807, 2.05) is 6.92 Å². The number of hydrogen-bond donors (Lipinski definition) is 3. The van der Waals surface area contributed by atoms with Gasteiger partial charge in [-0.1, -0.05) is 19.8 Å². The first-order valence-electron chi connectivity index (χ1n) is 7.92. The summed E-state index contributed by atoms with van der Waals surface area (Å²) in [5.41, 5.74) is 2.26. The highest BCUT2D eigenvalue weighted by Gasteiger charge is 2.27. The smallest absolute Gasteiger partial charge is 0.141 e. The van der Waals surface area contributed by atoms with Crippen molar-refractivity contribution in [3.63, 3.8) is 0 Å². The maximum atomic E-state index is 10.5. The van der Waals surface area contributed by atoms with Gasteiger partial charge in [-0.3, -0.25) is 9.88 Å². The summed E-state index contributed by atoms with van der Waals surface area (Å²) in [5, 5.41) is 23.5. The van der Waals surface area contributed by atoms with Crippen LogP contribution in [-0.4, -0.2) is 46.3 Å². The molecule has 1 atom stereocenters. The van der Waals surface area contributed by atoms with Crippen LogP contribution in [-0.2, 0) is 6.61 Å². The van der Waals surface area contributed by atoms with Crippen molar-refractivity contribution in [2.24, 2.45) is 0 Å². The van der Waals surface area contributed by atoms with E-state index in [0.29, 0.717) is 5.69 Å². The van der Waals surface area contributed by atoms with Gasteiger partial charge in [0, 0.05) is 49.5 Å². The molecule has 0 aliphatic carbocycles. The van der Waals surface area contributed by atoms with Crippen molar-refractivity contribution in [3.05, 3.63) is 23.0 Å². The van der Waals surface area contributed by atoms with Gasteiger partial charge >= 0.3 is 0 Å². The fourth-order valence-corrected chi connectivity index (χ4v) is 3.05. The average molecular weight is 293 g/mol. The van der Waals surface area contributed by atoms with E-state index in [-0.39, 0.29) is 18.4 Å². The Morgan fingerprint density at radius 1 is 1.38 bits per heavy atom. The van der Waals surface area contributed by atoms with Crippen molar-refractivity contribution >= 4 is 0 Å². The molecule has 1 aromatic rings. The number of rotatable bonds is 6. The SMILES string of the molecule is CCCC[C@@H](c1c(CO)cnc(C)c1O)N1CCNCC1. The minimum Gasteiger partial charge on any atom is -0.506 e. The second kappa shape index (κ2) is 7.73. The number of aliphatic hydroxyl groups excluding tert-OH is 1. The van der Waals surface area contributed by atoms with E-state index in [2.05, 4.69) is 22.1 Å². The number of unbranched alkanes of at least 4 members (excludes halogenated alkanes) is 1. The summed E-state index contributed by atoms with van der Waals surface area (Å²) in [4.78, 5) is 6.59. The number of aliphatic hydroxyl groups is 1. The van der Waals surface area contributed by atoms with Gasteiger partial charge in [0.25, 0.3) is 0 Å². The number of aromatic nitrogens is 1. The van der Waals surface area contributed by atoms with Crippen LogP contribution in [0.5, 0.6) is 5.75 Å². The van der Waals surface area contributed by atoms with E-state index in [4.69, 9.17) is 0 Å². The average Bonchev–Trinajstić information content (AvgIpc) is 2.52. The second-order valence-corrected chi connectivity index (χ2v) is 5.73. The lowest BCUT2D eigenvalue weighted by Gasteiger charge is -2.36. The van der Waals surface area contributed by atoms with Gasteiger partial charge in [0.05, 0.1) is 12.3 Å². The first kappa shape index (κ1) is 16.2. The molecule has 0 saturated carbocycles. The lowest BCUT2D eigenvalue weighted by Crippen LogP contribution is -2.45. The predicted octanol–water partition coefficient (Wildman–Crippen LogP) is 1.72. The summed E-state index contributed by atoms with van der Waals surface area (Å²) < 4.78 is 0. The minimum atomic E-state index is -0.0785. The van der Waals surface area contributed by atoms with Crippen molar-refractivity contribution in [2.45, 2.75) is 45.8 Å². The number of pyridine rings is 1. The molecule has 21 heavy (non-hydrogen) atoms. The van der Waals surface area contributed by atoms with Crippen LogP contribution in [0.25, 0.3) is 0 Å². The third-order valence-electron chi connectivity index (χ3n) is 4.28. The Morgan fingerprint density at radius 3 is 2.71 bits per heavy atom. The predicted molar refractivity (Wildman–Crippen MR) is 83.3 cm³/mol. The molecule has 5 heteroatoms. The van der Waals surface area contributed by atoms with Gasteiger partial charge in [-0.05, 0) is 13.3 Å². The summed E-state index contributed by atoms with van der Waals surface area (Å²) in [6.45, 7) is 7.81. The molecule has 1 fully saturated rings. The molecule has 1 aromatic heterocycles. The van der Waals surface area contributed by atoms with Crippen LogP contribution in [0.1, 0.15) is 49.0 Å². The zero-order valence-electron chi connectivity index (χ0n) is 13.1. The lowest BCUT2D eigenvalue weighted by molar-refractivity contribution is 0.157. The summed E-state index contributed by atoms with van der Waals surface area (Å²) >= 11 is 0. The number of aryl methyl sites for hydroxylation is 1. The fourth-order valence-electron chi connectivity index (χ4n) is 3.05. The second-order valence-electron chi connectivity index (χ2n) is 5.73. The quantitative estimate of drug-likeness (QED) is 0.745. The van der Waals surface area contributed by atoms with E-state index in [1.54, 1.807) is 6.20 Å². The van der Waals surface area contributed by atoms with E-state index in [9.17, 15) is 10.2 Å². The van der Waals surface area contributed by atoms with Gasteiger partial charge in [0.1, 0.15) is 5.75 Å². The molecule has 2 rings (SSSR count). The number of nitrogens with zero attached hydrogens (tertiary/aromatic N) is 2. The molecule has 0 unspecified atom stereocenters. The summed E-state index contributed by atoms with van der Waals surface area (Å²) in [6, 6.07) is 0.163. The van der Waals surface area contributed by atoms with Gasteiger partial charge < -0.3 is 15.5 Å². The van der Waals surface area contributed by atoms with Gasteiger partial charge in [0.15, 0.2) is 0 Å². The number of hydrogen-bond acceptors (Lipinski definition) is 5. The van der Waals surface area contributed by atoms with Crippen LogP contribution >= 0.6 is 0 Å². The van der Waals surface area contributed by atoms with Crippen molar-refractivity contribution in [3.8, 4) is 5.75 Å². The third kappa shape index (κ3) is 3.73. The lowest BCUT2D eigenvalue weighted by atomic mass is 9.94. The summed E-state index contributed by atoms with van der Waals surface area (Å²) in [7, 11) is 0. The van der Waals surface area contributed by atoms with Crippen LogP contribution in [0.4, 0.5) is 0 Å². The van der Waals surface area contributed by atoms with Crippen molar-refractivity contribution in [1.82, 2.24) is 15.2 Å². The van der Waals surface area contributed by atoms with Gasteiger partial charge in [-0.15, -0.1) is 0 Å². The highest BCUT2D eigenvalue weighted by atomic mass is 16.3. The summed E-state index contributed by atoms with van der Waals surface area (Å²) in [6.07, 6.45) is 4.94. The van der Waals surface area contributed by atoms with Gasteiger partial charge in [-0.2, -0.15) is 0 Å². The van der Waals surface area contributed by atoms with Gasteiger partial charge in [0.2, 0.25) is 0 Å². The molecule has 0 aromatic carbocycles. The molecule has 0 spiro atoms. The van der Waals surface area contributed by atoms with E-state index >= 15 is 0 Å². The Balaban J connectivity index is 2.36. The molecular weight excluding hydrogens is 266 g/mol. The van der Waals surface area contributed by atoms with Crippen LogP contribution in [0, 0.1) is 6.92 Å². The standard InChI is InChI=1S/C16H27N3O2/c1-3-4-5-14(19-8-6-17-7-9-19)15-13(11-20)10-18-12(2)16(15)21/h10,14,17,20-21H,3-9,11H2,1-2H3/t14-/m0/s1. The molecule has 3 N–H and O–H groups in total. The number of nitrogens with one attached hydrogen (secondary N) is 1. The Labute approximate surface area is 127 Å². The molecule has 1 saturated heterocycles. The summed E-state index contributed by atoms with van der Waals surface area (Å²) in [5.74, 6) is 0.251. The largest absolute Gasteiger partial charge is 0.506 e. The molecule has 0 radical (unpaired) electrons. The molecule has 5 nitrogen and oxygen atoms in total. The van der Waals surface area contributed by atoms with Crippen molar-refractivity contribution in [2.75, 3.05) is 26.2 Å². The third-order valence-corrected chi connectivity index (χ3v) is 4.28. The fraction of sp³-hybridized carbons (Fsp3) is 0.688. The Bertz CT molecular complexity index is 459. The molecule has 2 heterocycles. The molecule has 118 valence electrons. The first-order valence-corrected chi connectivity index (χ1v) is 7.92. The van der Waals surface area contributed by atoms with Crippen LogP contribution in [0.2, 0.25) is 0 Å². The maximum absolute atomic E-state index is 10.5. The Morgan fingerprint density at radius 2 is 2.10 bits per heavy atom. The zero-order chi connectivity index (χ0) is 15.2. The molecule has 1 aliphatic rings. The van der Waals surface area contributed by atoms with Crippen molar-refractivity contribution < 1.29 is 10.2 Å². The maximum Gasteiger partial charge on any atom is 0.141 e. The van der Waals surface area contributed by atoms with E-state index in [1.165, 1.54) is 0 Å². The van der Waals surface area contributed by atoms with Crippen LogP contribution < -0.4 is 5.32 Å². The van der Waals surface area contributed by atoms with E-state index < -0.39 is 0 Å². The topological polar surface area (TPSA) is 68.6 Å². The highest BCUT2D eigenvalue weighted by molar-refractivity contribution is 5.43. The number of piperazine rings is 1. The van der Waals surface area contributed by atoms with Gasteiger partial charge in [-0.25, -0.2) is 0 Å². The van der Waals surface area contributed by atoms with Crippen LogP contribution in [0.15, 0.2) is 6.20 Å². The molecule has 0 bridgehead atoms. The molecule has 0 amide bonds. The Hall–Kier alpha value is -1.17. The Kier molecular flexibility index (Phi) is 5.96. The molecular formula is C16H27N3O2. The first-order chi connectivity index (χ1) is 10.2.